The number of piperazine rings is 3. The van der Waals surface area contributed by atoms with Crippen LogP contribution in [0.4, 0.5) is 0 Å². The molecule has 0 aromatic heterocycles. The van der Waals surface area contributed by atoms with Gasteiger partial charge in [0.05, 0.1) is 26.2 Å². The van der Waals surface area contributed by atoms with Crippen LogP contribution in [0.5, 0.6) is 0 Å². The summed E-state index contributed by atoms with van der Waals surface area (Å²) in [6.45, 7) is 15.4. The van der Waals surface area contributed by atoms with E-state index in [0.29, 0.717) is 6.04 Å². The normalized spacial score (nSPS) is 33.6. The monoisotopic (exact) mass is 226 g/mol. The van der Waals surface area contributed by atoms with Crippen LogP contribution in [0.15, 0.2) is 0 Å². The van der Waals surface area contributed by atoms with Crippen LogP contribution in [0.3, 0.4) is 0 Å². The Morgan fingerprint density at radius 2 is 1.69 bits per heavy atom. The molecule has 0 saturated carbocycles. The van der Waals surface area contributed by atoms with Crippen LogP contribution in [-0.4, -0.2) is 67.8 Å². The summed E-state index contributed by atoms with van der Waals surface area (Å²) in [5.41, 5.74) is 0. The van der Waals surface area contributed by atoms with Crippen molar-refractivity contribution < 1.29 is 4.48 Å². The summed E-state index contributed by atoms with van der Waals surface area (Å²) < 4.78 is 1.43. The van der Waals surface area contributed by atoms with Crippen molar-refractivity contribution in [3.63, 3.8) is 0 Å². The highest BCUT2D eigenvalue weighted by atomic mass is 15.4. The van der Waals surface area contributed by atoms with Crippen molar-refractivity contribution in [1.29, 1.82) is 0 Å². The van der Waals surface area contributed by atoms with Gasteiger partial charge in [0.1, 0.15) is 0 Å². The molecule has 0 atom stereocenters. The number of hydrogen-bond acceptors (Lipinski definition) is 2. The van der Waals surface area contributed by atoms with E-state index in [1.807, 2.05) is 0 Å². The molecular weight excluding hydrogens is 198 g/mol. The first kappa shape index (κ1) is 12.3. The van der Waals surface area contributed by atoms with Gasteiger partial charge in [-0.05, 0) is 19.4 Å². The minimum absolute atomic E-state index is 0.644. The van der Waals surface area contributed by atoms with Crippen molar-refractivity contribution in [2.24, 2.45) is 0 Å². The number of rotatable bonds is 6. The zero-order valence-electron chi connectivity index (χ0n) is 11.0. The van der Waals surface area contributed by atoms with Crippen molar-refractivity contribution in [2.75, 3.05) is 52.4 Å². The number of unbranched alkanes of at least 4 members (excludes halogenated alkanes) is 1. The molecule has 3 heterocycles. The number of fused-ring (bicyclic) bond motifs is 3. The lowest BCUT2D eigenvalue weighted by molar-refractivity contribution is -0.941. The summed E-state index contributed by atoms with van der Waals surface area (Å²) >= 11 is 0. The summed E-state index contributed by atoms with van der Waals surface area (Å²) in [7, 11) is 0. The van der Waals surface area contributed by atoms with E-state index in [1.165, 1.54) is 69.7 Å². The van der Waals surface area contributed by atoms with Crippen LogP contribution >= 0.6 is 0 Å². The van der Waals surface area contributed by atoms with E-state index < -0.39 is 0 Å². The Balaban J connectivity index is 1.61. The molecule has 0 unspecified atom stereocenters. The molecule has 3 fully saturated rings. The largest absolute Gasteiger partial charge is 0.320 e. The predicted molar refractivity (Wildman–Crippen MR) is 68.5 cm³/mol. The maximum atomic E-state index is 3.51. The molecule has 3 heteroatoms. The zero-order valence-corrected chi connectivity index (χ0v) is 11.0. The first-order valence-corrected chi connectivity index (χ1v) is 7.01. The molecule has 16 heavy (non-hydrogen) atoms. The molecule has 2 bridgehead atoms. The Morgan fingerprint density at radius 1 is 1.06 bits per heavy atom. The molecule has 0 radical (unpaired) electrons. The second-order valence-electron chi connectivity index (χ2n) is 5.89. The summed E-state index contributed by atoms with van der Waals surface area (Å²) in [5.74, 6) is 0. The molecule has 0 spiro atoms. The van der Waals surface area contributed by atoms with Gasteiger partial charge in [-0.3, -0.25) is 4.90 Å². The summed E-state index contributed by atoms with van der Waals surface area (Å²) in [6.07, 6.45) is 2.75. The third kappa shape index (κ3) is 3.19. The van der Waals surface area contributed by atoms with Crippen LogP contribution in [0.2, 0.25) is 0 Å². The number of nitrogens with zero attached hydrogens (tertiary/aromatic N) is 2. The van der Waals surface area contributed by atoms with Crippen molar-refractivity contribution in [3.05, 3.63) is 0 Å². The summed E-state index contributed by atoms with van der Waals surface area (Å²) in [4.78, 5) is 2.63. The Hall–Kier alpha value is -0.120. The van der Waals surface area contributed by atoms with Gasteiger partial charge in [-0.1, -0.05) is 13.8 Å². The van der Waals surface area contributed by atoms with Crippen LogP contribution in [0, 0.1) is 0 Å². The molecular formula is C13H28N3+. The molecule has 3 aliphatic heterocycles. The van der Waals surface area contributed by atoms with E-state index in [2.05, 4.69) is 24.1 Å². The molecule has 0 aromatic carbocycles. The van der Waals surface area contributed by atoms with E-state index >= 15 is 0 Å². The van der Waals surface area contributed by atoms with Gasteiger partial charge in [0.15, 0.2) is 0 Å². The molecule has 0 amide bonds. The lowest BCUT2D eigenvalue weighted by atomic mass is 10.1. The van der Waals surface area contributed by atoms with Gasteiger partial charge in [-0.25, -0.2) is 0 Å². The van der Waals surface area contributed by atoms with E-state index in [9.17, 15) is 0 Å². The van der Waals surface area contributed by atoms with Gasteiger partial charge in [0.2, 0.25) is 0 Å². The van der Waals surface area contributed by atoms with Gasteiger partial charge < -0.3 is 9.80 Å². The third-order valence-corrected chi connectivity index (χ3v) is 4.28. The fourth-order valence-corrected chi connectivity index (χ4v) is 3.03. The fourth-order valence-electron chi connectivity index (χ4n) is 3.03. The van der Waals surface area contributed by atoms with E-state index in [4.69, 9.17) is 0 Å². The molecule has 3 nitrogen and oxygen atoms in total. The zero-order chi connectivity index (χ0) is 11.4. The van der Waals surface area contributed by atoms with Crippen molar-refractivity contribution in [2.45, 2.75) is 32.7 Å². The lowest BCUT2D eigenvalue weighted by Gasteiger charge is -2.50. The SMILES string of the molecule is CC(C)NCCCC[N+]12CCN(CC1)CC2. The predicted octanol–water partition coefficient (Wildman–Crippen LogP) is 0.911. The molecule has 0 aliphatic carbocycles. The Kier molecular flexibility index (Phi) is 4.22. The maximum Gasteiger partial charge on any atom is 0.0916 e. The Bertz CT molecular complexity index is 193. The average Bonchev–Trinajstić information content (AvgIpc) is 2.30. The highest BCUT2D eigenvalue weighted by molar-refractivity contribution is 4.70. The topological polar surface area (TPSA) is 15.3 Å². The lowest BCUT2D eigenvalue weighted by Crippen LogP contribution is -2.67. The number of hydrogen-bond donors (Lipinski definition) is 1. The van der Waals surface area contributed by atoms with E-state index in [-0.39, 0.29) is 0 Å². The average molecular weight is 226 g/mol. The standard InChI is InChI=1S/C13H28N3/c1-13(2)14-5-3-4-9-16-10-6-15(7-11-16)8-12-16/h13-14H,3-12H2,1-2H3/q+1. The summed E-state index contributed by atoms with van der Waals surface area (Å²) in [5, 5.41) is 3.51. The van der Waals surface area contributed by atoms with Crippen molar-refractivity contribution in [3.8, 4) is 0 Å². The summed E-state index contributed by atoms with van der Waals surface area (Å²) in [6, 6.07) is 0.644. The fraction of sp³-hybridized carbons (Fsp3) is 1.00. The molecule has 3 rings (SSSR count). The number of nitrogens with one attached hydrogen (secondary N) is 1. The second kappa shape index (κ2) is 5.48. The van der Waals surface area contributed by atoms with Gasteiger partial charge in [-0.2, -0.15) is 0 Å². The van der Waals surface area contributed by atoms with E-state index in [0.717, 1.165) is 0 Å². The Morgan fingerprint density at radius 3 is 2.25 bits per heavy atom. The van der Waals surface area contributed by atoms with Gasteiger partial charge >= 0.3 is 0 Å². The molecule has 94 valence electrons. The van der Waals surface area contributed by atoms with Crippen molar-refractivity contribution in [1.82, 2.24) is 10.2 Å². The smallest absolute Gasteiger partial charge is 0.0916 e. The minimum atomic E-state index is 0.644. The first-order valence-electron chi connectivity index (χ1n) is 7.01. The van der Waals surface area contributed by atoms with Crippen LogP contribution in [-0.2, 0) is 0 Å². The molecule has 1 N–H and O–H groups in total. The molecule has 3 aliphatic rings. The minimum Gasteiger partial charge on any atom is -0.320 e. The second-order valence-corrected chi connectivity index (χ2v) is 5.89. The van der Waals surface area contributed by atoms with Crippen LogP contribution < -0.4 is 5.32 Å². The van der Waals surface area contributed by atoms with E-state index in [1.54, 1.807) is 0 Å². The van der Waals surface area contributed by atoms with Crippen molar-refractivity contribution >= 4 is 0 Å². The van der Waals surface area contributed by atoms with Crippen LogP contribution in [0.25, 0.3) is 0 Å². The number of quaternary nitrogens is 1. The van der Waals surface area contributed by atoms with Gasteiger partial charge in [0, 0.05) is 25.7 Å². The quantitative estimate of drug-likeness (QED) is 0.535. The first-order chi connectivity index (χ1) is 7.70. The van der Waals surface area contributed by atoms with Gasteiger partial charge in [0.25, 0.3) is 0 Å². The highest BCUT2D eigenvalue weighted by Crippen LogP contribution is 2.20. The maximum absolute atomic E-state index is 3.51. The van der Waals surface area contributed by atoms with Crippen LogP contribution in [0.1, 0.15) is 26.7 Å². The highest BCUT2D eigenvalue weighted by Gasteiger charge is 2.37. The van der Waals surface area contributed by atoms with Gasteiger partial charge in [-0.15, -0.1) is 0 Å². The Labute approximate surface area is 100 Å². The molecule has 0 aromatic rings. The molecule has 3 saturated heterocycles. The third-order valence-electron chi connectivity index (χ3n) is 4.28.